The van der Waals surface area contributed by atoms with Gasteiger partial charge in [0.25, 0.3) is 0 Å². The molecule has 0 amide bonds. The van der Waals surface area contributed by atoms with Crippen molar-refractivity contribution in [3.8, 4) is 5.88 Å². The number of hydrogen-bond donors (Lipinski definition) is 1. The van der Waals surface area contributed by atoms with E-state index >= 15 is 0 Å². The summed E-state index contributed by atoms with van der Waals surface area (Å²) in [5.41, 5.74) is 3.40. The van der Waals surface area contributed by atoms with Crippen LogP contribution in [0.15, 0.2) is 67.1 Å². The number of benzene rings is 2. The number of carboxylic acids is 1. The smallest absolute Gasteiger partial charge is 0.335 e. The molecule has 224 valence electrons. The molecule has 0 spiro atoms. The molecule has 0 radical (unpaired) electrons. The Morgan fingerprint density at radius 1 is 1.07 bits per heavy atom. The van der Waals surface area contributed by atoms with E-state index in [4.69, 9.17) is 16.3 Å². The van der Waals surface area contributed by atoms with Gasteiger partial charge in [-0.15, -0.1) is 0 Å². The van der Waals surface area contributed by atoms with Crippen molar-refractivity contribution in [1.29, 1.82) is 0 Å². The minimum Gasteiger partial charge on any atom is -0.478 e. The van der Waals surface area contributed by atoms with E-state index in [0.29, 0.717) is 24.5 Å². The van der Waals surface area contributed by atoms with Gasteiger partial charge in [0.2, 0.25) is 5.88 Å². The van der Waals surface area contributed by atoms with Gasteiger partial charge in [-0.05, 0) is 37.3 Å². The zero-order valence-corrected chi connectivity index (χ0v) is 24.2. The van der Waals surface area contributed by atoms with Gasteiger partial charge in [-0.25, -0.2) is 24.0 Å². The first-order valence-corrected chi connectivity index (χ1v) is 14.4. The van der Waals surface area contributed by atoms with E-state index in [2.05, 4.69) is 40.7 Å². The summed E-state index contributed by atoms with van der Waals surface area (Å²) in [6, 6.07) is 14.9. The van der Waals surface area contributed by atoms with Crippen LogP contribution >= 0.6 is 0 Å². The number of hydrogen-bond acceptors (Lipinski definition) is 7. The van der Waals surface area contributed by atoms with E-state index in [-0.39, 0.29) is 17.9 Å². The fourth-order valence-electron chi connectivity index (χ4n) is 5.40. The number of imidazole rings is 2. The highest BCUT2D eigenvalue weighted by molar-refractivity contribution is 5.92. The quantitative estimate of drug-likeness (QED) is 0.226. The normalized spacial score (nSPS) is 13.7. The molecule has 1 saturated heterocycles. The van der Waals surface area contributed by atoms with E-state index in [1.165, 1.54) is 6.07 Å². The molecule has 0 unspecified atom stereocenters. The van der Waals surface area contributed by atoms with E-state index in [9.17, 15) is 14.3 Å². The maximum atomic E-state index is 14.3. The molecule has 1 N–H and O–H groups in total. The average molecular weight is 595 g/mol. The van der Waals surface area contributed by atoms with Gasteiger partial charge in [-0.2, -0.15) is 4.98 Å². The lowest BCUT2D eigenvalue weighted by Crippen LogP contribution is -2.46. The summed E-state index contributed by atoms with van der Waals surface area (Å²) in [7, 11) is 0. The van der Waals surface area contributed by atoms with Crippen LogP contribution in [0.25, 0.3) is 15.9 Å². The summed E-state index contributed by atoms with van der Waals surface area (Å²) in [6.07, 6.45) is 3.64. The van der Waals surface area contributed by atoms with Crippen molar-refractivity contribution in [2.45, 2.75) is 33.2 Å². The largest absolute Gasteiger partial charge is 0.478 e. The van der Waals surface area contributed by atoms with E-state index in [0.717, 1.165) is 61.1 Å². The number of aromatic carboxylic acids is 1. The zero-order valence-electron chi connectivity index (χ0n) is 24.2. The van der Waals surface area contributed by atoms with E-state index in [1.807, 2.05) is 18.3 Å². The molecular weight excluding hydrogens is 563 g/mol. The number of pyridine rings is 1. The molecule has 0 aliphatic carbocycles. The van der Waals surface area contributed by atoms with Crippen LogP contribution < -0.4 is 9.64 Å². The molecule has 2 aromatic carbocycles. The Morgan fingerprint density at radius 2 is 1.91 bits per heavy atom. The van der Waals surface area contributed by atoms with Crippen LogP contribution in [-0.2, 0) is 26.2 Å². The average Bonchev–Trinajstić information content (AvgIpc) is 3.64. The number of anilines is 1. The molecule has 44 heavy (non-hydrogen) atoms. The Labute approximate surface area is 253 Å². The molecule has 5 aromatic rings. The van der Waals surface area contributed by atoms with Gasteiger partial charge in [0.05, 0.1) is 48.3 Å². The maximum Gasteiger partial charge on any atom is 0.335 e. The first-order chi connectivity index (χ1) is 21.4. The first kappa shape index (κ1) is 28.8. The van der Waals surface area contributed by atoms with Gasteiger partial charge in [-0.3, -0.25) is 4.90 Å². The van der Waals surface area contributed by atoms with Crippen LogP contribution in [0.3, 0.4) is 0 Å². The minimum absolute atomic E-state index is 0.0162. The molecule has 0 atom stereocenters. The van der Waals surface area contributed by atoms with Gasteiger partial charge in [-0.1, -0.05) is 18.2 Å². The molecule has 11 nitrogen and oxygen atoms in total. The number of rotatable bonds is 10. The van der Waals surface area contributed by atoms with Gasteiger partial charge in [0.1, 0.15) is 24.1 Å². The second kappa shape index (κ2) is 12.5. The first-order valence-electron chi connectivity index (χ1n) is 14.4. The number of aryl methyl sites for hydroxylation is 1. The summed E-state index contributed by atoms with van der Waals surface area (Å²) < 4.78 is 24.2. The lowest BCUT2D eigenvalue weighted by Gasteiger charge is -2.35. The molecule has 4 heterocycles. The van der Waals surface area contributed by atoms with Crippen LogP contribution in [0.1, 0.15) is 34.4 Å². The van der Waals surface area contributed by atoms with Crippen LogP contribution in [-0.4, -0.2) is 66.2 Å². The number of aromatic nitrogens is 5. The topological polar surface area (TPSA) is 106 Å². The van der Waals surface area contributed by atoms with Crippen molar-refractivity contribution < 1.29 is 19.0 Å². The Hall–Kier alpha value is -5.28. The van der Waals surface area contributed by atoms with E-state index < -0.39 is 11.8 Å². The number of carbonyl (C=O) groups is 1. The van der Waals surface area contributed by atoms with Crippen molar-refractivity contribution in [3.63, 3.8) is 0 Å². The standard InChI is InChI=1S/C32H31FN8O3/c1-3-39-21-35-17-25(39)18-41-28-15-22(32(42)43)8-10-27(28)36-30(41)19-38-11-13-40(14-12-38)29-5-4-6-31(37-29)44-20-23-7-9-24(34-2)16-26(23)33/h4-10,15-17,21H,3,11-14,18-20H2,1H3,(H,42,43). The summed E-state index contributed by atoms with van der Waals surface area (Å²) in [4.78, 5) is 33.3. The molecule has 1 aliphatic rings. The Morgan fingerprint density at radius 3 is 2.66 bits per heavy atom. The lowest BCUT2D eigenvalue weighted by molar-refractivity contribution is 0.0697. The fourth-order valence-corrected chi connectivity index (χ4v) is 5.40. The SMILES string of the molecule is [C-]#[N+]c1ccc(COc2cccc(N3CCN(Cc4nc5ccc(C(=O)O)cc5n4Cc4cncn4CC)CC3)n2)c(F)c1. The third kappa shape index (κ3) is 6.09. The third-order valence-corrected chi connectivity index (χ3v) is 7.85. The fraction of sp³-hybridized carbons (Fsp3) is 0.281. The molecule has 1 aliphatic heterocycles. The van der Waals surface area contributed by atoms with E-state index in [1.54, 1.807) is 42.7 Å². The van der Waals surface area contributed by atoms with Crippen molar-refractivity contribution in [3.05, 3.63) is 107 Å². The van der Waals surface area contributed by atoms with Gasteiger partial charge in [0, 0.05) is 50.6 Å². The monoisotopic (exact) mass is 594 g/mol. The molecule has 1 fully saturated rings. The predicted molar refractivity (Wildman–Crippen MR) is 162 cm³/mol. The highest BCUT2D eigenvalue weighted by atomic mass is 19.1. The molecule has 6 rings (SSSR count). The zero-order chi connectivity index (χ0) is 30.6. The molecular formula is C32H31FN8O3. The van der Waals surface area contributed by atoms with Gasteiger partial charge >= 0.3 is 5.97 Å². The highest BCUT2D eigenvalue weighted by Gasteiger charge is 2.22. The molecule has 0 bridgehead atoms. The number of ether oxygens (including phenoxy) is 1. The lowest BCUT2D eigenvalue weighted by atomic mass is 10.2. The van der Waals surface area contributed by atoms with Crippen molar-refractivity contribution in [2.75, 3.05) is 31.1 Å². The summed E-state index contributed by atoms with van der Waals surface area (Å²) >= 11 is 0. The molecule has 3 aromatic heterocycles. The second-order valence-corrected chi connectivity index (χ2v) is 10.6. The van der Waals surface area contributed by atoms with Gasteiger partial charge in [0.15, 0.2) is 5.69 Å². The van der Waals surface area contributed by atoms with Crippen LogP contribution in [0.5, 0.6) is 5.88 Å². The minimum atomic E-state index is -0.971. The highest BCUT2D eigenvalue weighted by Crippen LogP contribution is 2.24. The van der Waals surface area contributed by atoms with Crippen molar-refractivity contribution >= 4 is 28.5 Å². The van der Waals surface area contributed by atoms with Crippen LogP contribution in [0.4, 0.5) is 15.9 Å². The number of fused-ring (bicyclic) bond motifs is 1. The number of carboxylic acid groups (broad SMARTS) is 1. The summed E-state index contributed by atoms with van der Waals surface area (Å²) in [5.74, 6) is 0.607. The number of piperazine rings is 1. The Balaban J connectivity index is 1.14. The third-order valence-electron chi connectivity index (χ3n) is 7.85. The second-order valence-electron chi connectivity index (χ2n) is 10.6. The van der Waals surface area contributed by atoms with Crippen LogP contribution in [0.2, 0.25) is 0 Å². The van der Waals surface area contributed by atoms with Crippen molar-refractivity contribution in [2.24, 2.45) is 0 Å². The number of nitrogens with zero attached hydrogens (tertiary/aromatic N) is 8. The van der Waals surface area contributed by atoms with Crippen molar-refractivity contribution in [1.82, 2.24) is 29.0 Å². The summed E-state index contributed by atoms with van der Waals surface area (Å²) in [5, 5.41) is 9.60. The molecule has 12 heteroatoms. The summed E-state index contributed by atoms with van der Waals surface area (Å²) in [6.45, 7) is 14.1. The predicted octanol–water partition coefficient (Wildman–Crippen LogP) is 4.99. The maximum absolute atomic E-state index is 14.3. The van der Waals surface area contributed by atoms with Crippen LogP contribution in [0, 0.1) is 12.4 Å². The Bertz CT molecular complexity index is 1850. The molecule has 0 saturated carbocycles. The van der Waals surface area contributed by atoms with Gasteiger partial charge < -0.3 is 23.9 Å². The Kier molecular flexibility index (Phi) is 8.21. The number of halogens is 1.